The van der Waals surface area contributed by atoms with Gasteiger partial charge in [0.1, 0.15) is 0 Å². The van der Waals surface area contributed by atoms with Crippen LogP contribution in [0.1, 0.15) is 0 Å². The molecule has 1 nitrogen and oxygen atoms in total. The van der Waals surface area contributed by atoms with Crippen molar-refractivity contribution in [1.29, 1.82) is 0 Å². The van der Waals surface area contributed by atoms with E-state index in [2.05, 4.69) is 126 Å². The topological polar surface area (TPSA) is 12.9 Å². The second kappa shape index (κ2) is 9.16. The lowest BCUT2D eigenvalue weighted by atomic mass is 9.93. The van der Waals surface area contributed by atoms with Crippen molar-refractivity contribution in [2.45, 2.75) is 0 Å². The number of hydrogen-bond donors (Lipinski definition) is 0. The molecule has 0 N–H and O–H groups in total. The van der Waals surface area contributed by atoms with Crippen LogP contribution in [0.3, 0.4) is 0 Å². The molecular weight excluding hydrogens is 466 g/mol. The van der Waals surface area contributed by atoms with Gasteiger partial charge in [-0.25, -0.2) is 0 Å². The maximum absolute atomic E-state index is 4.37. The number of fused-ring (bicyclic) bond motifs is 3. The molecule has 0 radical (unpaired) electrons. The fraction of sp³-hybridized carbons (Fsp3) is 0. The van der Waals surface area contributed by atoms with Crippen LogP contribution in [-0.4, -0.2) is 4.98 Å². The largest absolute Gasteiger partial charge is 0.264 e. The summed E-state index contributed by atoms with van der Waals surface area (Å²) >= 11 is 1.90. The van der Waals surface area contributed by atoms with Gasteiger partial charge >= 0.3 is 0 Å². The second-order valence-electron chi connectivity index (χ2n) is 9.17. The molecule has 2 heterocycles. The van der Waals surface area contributed by atoms with Gasteiger partial charge < -0.3 is 0 Å². The molecule has 2 aromatic heterocycles. The Bertz CT molecular complexity index is 1730. The van der Waals surface area contributed by atoms with Crippen LogP contribution in [0.2, 0.25) is 0 Å². The Morgan fingerprint density at radius 3 is 1.43 bits per heavy atom. The first-order valence-electron chi connectivity index (χ1n) is 12.5. The lowest BCUT2D eigenvalue weighted by Crippen LogP contribution is -1.86. The van der Waals surface area contributed by atoms with E-state index >= 15 is 0 Å². The van der Waals surface area contributed by atoms with Crippen molar-refractivity contribution >= 4 is 31.5 Å². The average Bonchev–Trinajstić information content (AvgIpc) is 3.37. The molecule has 7 aromatic rings. The summed E-state index contributed by atoms with van der Waals surface area (Å²) in [5, 5.41) is 2.61. The van der Waals surface area contributed by atoms with Crippen LogP contribution in [0.4, 0.5) is 0 Å². The summed E-state index contributed by atoms with van der Waals surface area (Å²) in [6.45, 7) is 0. The third-order valence-corrected chi connectivity index (χ3v) is 8.30. The number of pyridine rings is 1. The van der Waals surface area contributed by atoms with Crippen LogP contribution in [0.25, 0.3) is 64.7 Å². The standard InChI is InChI=1S/C35H23NS/c1-2-11-24(12-3-1)26-14-4-6-16-28(26)30-18-8-20-32-33-21-9-19-31(35(33)37-34(30)32)29-17-7-5-15-27(29)25-13-10-22-36-23-25/h1-23H. The van der Waals surface area contributed by atoms with Gasteiger partial charge in [-0.3, -0.25) is 4.98 Å². The molecule has 5 aromatic carbocycles. The predicted molar refractivity (Wildman–Crippen MR) is 159 cm³/mol. The number of hydrogen-bond acceptors (Lipinski definition) is 2. The third kappa shape index (κ3) is 3.74. The van der Waals surface area contributed by atoms with E-state index in [4.69, 9.17) is 0 Å². The maximum Gasteiger partial charge on any atom is 0.0434 e. The summed E-state index contributed by atoms with van der Waals surface area (Å²) in [5.74, 6) is 0. The summed E-state index contributed by atoms with van der Waals surface area (Å²) in [4.78, 5) is 4.37. The monoisotopic (exact) mass is 489 g/mol. The van der Waals surface area contributed by atoms with E-state index in [1.807, 2.05) is 29.8 Å². The molecule has 0 saturated heterocycles. The summed E-state index contributed by atoms with van der Waals surface area (Å²) in [6, 6.07) is 45.7. The lowest BCUT2D eigenvalue weighted by Gasteiger charge is -2.11. The van der Waals surface area contributed by atoms with Crippen LogP contribution in [-0.2, 0) is 0 Å². The quantitative estimate of drug-likeness (QED) is 0.240. The highest BCUT2D eigenvalue weighted by molar-refractivity contribution is 7.26. The van der Waals surface area contributed by atoms with Crippen LogP contribution in [0.5, 0.6) is 0 Å². The number of nitrogens with zero attached hydrogens (tertiary/aromatic N) is 1. The van der Waals surface area contributed by atoms with Crippen molar-refractivity contribution in [2.75, 3.05) is 0 Å². The van der Waals surface area contributed by atoms with Gasteiger partial charge in [0, 0.05) is 49.3 Å². The van der Waals surface area contributed by atoms with Gasteiger partial charge in [-0.1, -0.05) is 121 Å². The zero-order chi connectivity index (χ0) is 24.6. The van der Waals surface area contributed by atoms with E-state index in [1.54, 1.807) is 0 Å². The van der Waals surface area contributed by atoms with Crippen LogP contribution < -0.4 is 0 Å². The molecule has 0 aliphatic heterocycles. The third-order valence-electron chi connectivity index (χ3n) is 7.02. The number of aromatic nitrogens is 1. The minimum Gasteiger partial charge on any atom is -0.264 e. The molecule has 7 rings (SSSR count). The number of benzene rings is 5. The molecule has 174 valence electrons. The van der Waals surface area contributed by atoms with Gasteiger partial charge in [-0.05, 0) is 33.9 Å². The first-order chi connectivity index (χ1) is 18.4. The van der Waals surface area contributed by atoms with Crippen molar-refractivity contribution < 1.29 is 0 Å². The Hall–Kier alpha value is -4.53. The molecule has 0 aliphatic rings. The average molecular weight is 490 g/mol. The fourth-order valence-corrected chi connectivity index (χ4v) is 6.68. The Morgan fingerprint density at radius 2 is 0.865 bits per heavy atom. The molecule has 0 atom stereocenters. The minimum atomic E-state index is 1.13. The molecule has 0 amide bonds. The van der Waals surface area contributed by atoms with Gasteiger partial charge in [-0.2, -0.15) is 0 Å². The Kier molecular flexibility index (Phi) is 5.38. The summed E-state index contributed by atoms with van der Waals surface area (Å²) in [6.07, 6.45) is 3.77. The number of thiophene rings is 1. The van der Waals surface area contributed by atoms with E-state index in [0.29, 0.717) is 0 Å². The summed E-state index contributed by atoms with van der Waals surface area (Å²) in [7, 11) is 0. The molecule has 0 unspecified atom stereocenters. The molecule has 0 bridgehead atoms. The predicted octanol–water partition coefficient (Wildman–Crippen LogP) is 10.1. The first kappa shape index (κ1) is 21.7. The maximum atomic E-state index is 4.37. The summed E-state index contributed by atoms with van der Waals surface area (Å²) in [5.41, 5.74) is 9.88. The molecule has 0 saturated carbocycles. The van der Waals surface area contributed by atoms with Crippen molar-refractivity contribution in [2.24, 2.45) is 0 Å². The number of rotatable bonds is 4. The normalized spacial score (nSPS) is 11.2. The van der Waals surface area contributed by atoms with Gasteiger partial charge in [0.25, 0.3) is 0 Å². The van der Waals surface area contributed by atoms with Gasteiger partial charge in [0.15, 0.2) is 0 Å². The van der Waals surface area contributed by atoms with E-state index in [-0.39, 0.29) is 0 Å². The zero-order valence-corrected chi connectivity index (χ0v) is 21.0. The van der Waals surface area contributed by atoms with Crippen LogP contribution in [0, 0.1) is 0 Å². The van der Waals surface area contributed by atoms with Crippen molar-refractivity contribution in [3.63, 3.8) is 0 Å². The Morgan fingerprint density at radius 1 is 0.378 bits per heavy atom. The highest BCUT2D eigenvalue weighted by Crippen LogP contribution is 2.46. The van der Waals surface area contributed by atoms with Crippen LogP contribution in [0.15, 0.2) is 140 Å². The van der Waals surface area contributed by atoms with Crippen molar-refractivity contribution in [3.8, 4) is 44.5 Å². The first-order valence-corrected chi connectivity index (χ1v) is 13.3. The molecule has 0 spiro atoms. The molecule has 37 heavy (non-hydrogen) atoms. The van der Waals surface area contributed by atoms with E-state index in [0.717, 1.165) is 5.56 Å². The van der Waals surface area contributed by atoms with Crippen LogP contribution >= 0.6 is 11.3 Å². The minimum absolute atomic E-state index is 1.13. The fourth-order valence-electron chi connectivity index (χ4n) is 5.32. The molecule has 0 aliphatic carbocycles. The van der Waals surface area contributed by atoms with Gasteiger partial charge in [0.2, 0.25) is 0 Å². The second-order valence-corrected chi connectivity index (χ2v) is 10.2. The lowest BCUT2D eigenvalue weighted by molar-refractivity contribution is 1.33. The van der Waals surface area contributed by atoms with Gasteiger partial charge in [0.05, 0.1) is 0 Å². The van der Waals surface area contributed by atoms with Crippen molar-refractivity contribution in [3.05, 3.63) is 140 Å². The Labute approximate surface area is 220 Å². The highest BCUT2D eigenvalue weighted by atomic mass is 32.1. The van der Waals surface area contributed by atoms with E-state index in [9.17, 15) is 0 Å². The van der Waals surface area contributed by atoms with Gasteiger partial charge in [-0.15, -0.1) is 11.3 Å². The zero-order valence-electron chi connectivity index (χ0n) is 20.1. The van der Waals surface area contributed by atoms with Crippen molar-refractivity contribution in [1.82, 2.24) is 4.98 Å². The Balaban J connectivity index is 1.48. The SMILES string of the molecule is c1ccc(-c2ccccc2-c2cccc3c2sc2c(-c4ccccc4-c4cccnc4)cccc23)cc1. The molecular formula is C35H23NS. The molecule has 2 heteroatoms. The van der Waals surface area contributed by atoms with E-state index in [1.165, 1.54) is 59.1 Å². The summed E-state index contributed by atoms with van der Waals surface area (Å²) < 4.78 is 2.64. The highest BCUT2D eigenvalue weighted by Gasteiger charge is 2.17. The smallest absolute Gasteiger partial charge is 0.0434 e. The van der Waals surface area contributed by atoms with E-state index < -0.39 is 0 Å². The molecule has 0 fully saturated rings.